The fourth-order valence-electron chi connectivity index (χ4n) is 2.22. The van der Waals surface area contributed by atoms with Crippen LogP contribution in [0, 0.1) is 11.6 Å². The molecule has 3 aromatic rings. The Labute approximate surface area is 135 Å². The summed E-state index contributed by atoms with van der Waals surface area (Å²) in [6.45, 7) is -0.0817. The van der Waals surface area contributed by atoms with Crippen LogP contribution >= 0.6 is 11.3 Å². The van der Waals surface area contributed by atoms with Gasteiger partial charge >= 0.3 is 0 Å². The van der Waals surface area contributed by atoms with Gasteiger partial charge in [-0.15, -0.1) is 11.3 Å². The molecule has 0 saturated heterocycles. The maximum Gasteiger partial charge on any atom is 0.254 e. The predicted molar refractivity (Wildman–Crippen MR) is 85.5 cm³/mol. The Bertz CT molecular complexity index is 830. The van der Waals surface area contributed by atoms with Gasteiger partial charge in [0.15, 0.2) is 0 Å². The normalized spacial score (nSPS) is 12.3. The van der Waals surface area contributed by atoms with Crippen molar-refractivity contribution in [3.8, 4) is 0 Å². The van der Waals surface area contributed by atoms with Crippen molar-refractivity contribution in [2.45, 2.75) is 6.10 Å². The number of halogens is 2. The first kappa shape index (κ1) is 15.6. The molecule has 1 amide bonds. The molecular weight excluding hydrogens is 320 g/mol. The third-order valence-corrected chi connectivity index (χ3v) is 4.62. The molecule has 1 aromatic heterocycles. The third kappa shape index (κ3) is 3.38. The maximum atomic E-state index is 13.5. The topological polar surface area (TPSA) is 49.3 Å². The summed E-state index contributed by atoms with van der Waals surface area (Å²) in [5.41, 5.74) is -0.381. The van der Waals surface area contributed by atoms with Gasteiger partial charge in [0.2, 0.25) is 0 Å². The molecule has 1 unspecified atom stereocenters. The van der Waals surface area contributed by atoms with Gasteiger partial charge in [0.1, 0.15) is 17.7 Å². The number of aliphatic hydroxyl groups is 1. The average Bonchev–Trinajstić information content (AvgIpc) is 2.98. The van der Waals surface area contributed by atoms with Crippen LogP contribution in [0.1, 0.15) is 21.3 Å². The minimum Gasteiger partial charge on any atom is -0.386 e. The van der Waals surface area contributed by atoms with Crippen LogP contribution in [0.25, 0.3) is 10.1 Å². The van der Waals surface area contributed by atoms with Gasteiger partial charge in [0.25, 0.3) is 5.91 Å². The molecule has 2 aromatic carbocycles. The van der Waals surface area contributed by atoms with Crippen molar-refractivity contribution in [2.75, 3.05) is 6.54 Å². The average molecular weight is 333 g/mol. The van der Waals surface area contributed by atoms with Crippen LogP contribution in [-0.4, -0.2) is 17.6 Å². The fourth-order valence-corrected chi connectivity index (χ4v) is 3.27. The molecule has 0 fully saturated rings. The molecule has 2 N–H and O–H groups in total. The number of benzene rings is 2. The van der Waals surface area contributed by atoms with E-state index in [1.807, 2.05) is 30.3 Å². The lowest BCUT2D eigenvalue weighted by molar-refractivity contribution is 0.0913. The first-order valence-electron chi connectivity index (χ1n) is 6.94. The zero-order valence-corrected chi connectivity index (χ0v) is 12.7. The SMILES string of the molecule is O=C(NCC(O)c1cc2ccccc2s1)c1cc(F)ccc1F. The van der Waals surface area contributed by atoms with E-state index in [4.69, 9.17) is 0 Å². The molecule has 0 spiro atoms. The van der Waals surface area contributed by atoms with Gasteiger partial charge < -0.3 is 10.4 Å². The van der Waals surface area contributed by atoms with E-state index in [0.717, 1.165) is 28.3 Å². The van der Waals surface area contributed by atoms with Crippen LogP contribution in [0.15, 0.2) is 48.5 Å². The molecule has 3 nitrogen and oxygen atoms in total. The van der Waals surface area contributed by atoms with Crippen molar-refractivity contribution in [2.24, 2.45) is 0 Å². The van der Waals surface area contributed by atoms with E-state index in [9.17, 15) is 18.7 Å². The van der Waals surface area contributed by atoms with Crippen molar-refractivity contribution in [1.82, 2.24) is 5.32 Å². The summed E-state index contributed by atoms with van der Waals surface area (Å²) in [6.07, 6.45) is -0.909. The largest absolute Gasteiger partial charge is 0.386 e. The Balaban J connectivity index is 1.69. The summed E-state index contributed by atoms with van der Waals surface area (Å²) in [5.74, 6) is -2.26. The number of carbonyl (C=O) groups excluding carboxylic acids is 1. The molecule has 1 atom stereocenters. The fraction of sp³-hybridized carbons (Fsp3) is 0.118. The molecule has 0 aliphatic carbocycles. The summed E-state index contributed by atoms with van der Waals surface area (Å²) in [7, 11) is 0. The van der Waals surface area contributed by atoms with Crippen molar-refractivity contribution >= 4 is 27.3 Å². The molecule has 1 heterocycles. The molecule has 3 rings (SSSR count). The van der Waals surface area contributed by atoms with Crippen molar-refractivity contribution < 1.29 is 18.7 Å². The Kier molecular flexibility index (Phi) is 4.36. The first-order chi connectivity index (χ1) is 11.0. The van der Waals surface area contributed by atoms with Gasteiger partial charge in [-0.25, -0.2) is 8.78 Å². The Morgan fingerprint density at radius 1 is 1.17 bits per heavy atom. The zero-order chi connectivity index (χ0) is 16.4. The highest BCUT2D eigenvalue weighted by Gasteiger charge is 2.16. The molecule has 23 heavy (non-hydrogen) atoms. The lowest BCUT2D eigenvalue weighted by Crippen LogP contribution is -2.28. The second kappa shape index (κ2) is 6.44. The van der Waals surface area contributed by atoms with Crippen molar-refractivity contribution in [3.05, 3.63) is 70.6 Å². The van der Waals surface area contributed by atoms with Crippen LogP contribution in [0.4, 0.5) is 8.78 Å². The molecule has 6 heteroatoms. The van der Waals surface area contributed by atoms with Crippen molar-refractivity contribution in [3.63, 3.8) is 0 Å². The molecule has 0 aliphatic heterocycles. The van der Waals surface area contributed by atoms with Gasteiger partial charge in [-0.1, -0.05) is 18.2 Å². The first-order valence-corrected chi connectivity index (χ1v) is 7.76. The van der Waals surface area contributed by atoms with E-state index in [1.54, 1.807) is 0 Å². The number of thiophene rings is 1. The molecule has 118 valence electrons. The van der Waals surface area contributed by atoms with E-state index >= 15 is 0 Å². The smallest absolute Gasteiger partial charge is 0.254 e. The minimum atomic E-state index is -0.909. The number of hydrogen-bond acceptors (Lipinski definition) is 3. The van der Waals surface area contributed by atoms with Gasteiger partial charge in [0.05, 0.1) is 5.56 Å². The van der Waals surface area contributed by atoms with E-state index < -0.39 is 23.6 Å². The summed E-state index contributed by atoms with van der Waals surface area (Å²) in [6, 6.07) is 12.2. The molecule has 0 radical (unpaired) electrons. The minimum absolute atomic E-state index is 0.0817. The number of aliphatic hydroxyl groups excluding tert-OH is 1. The number of carbonyl (C=O) groups is 1. The number of nitrogens with one attached hydrogen (secondary N) is 1. The lowest BCUT2D eigenvalue weighted by atomic mass is 10.2. The molecule has 0 aliphatic rings. The number of fused-ring (bicyclic) bond motifs is 1. The summed E-state index contributed by atoms with van der Waals surface area (Å²) >= 11 is 1.42. The van der Waals surface area contributed by atoms with Gasteiger partial charge in [-0.3, -0.25) is 4.79 Å². The van der Waals surface area contributed by atoms with E-state index in [-0.39, 0.29) is 12.1 Å². The molecule has 0 saturated carbocycles. The number of rotatable bonds is 4. The van der Waals surface area contributed by atoms with Crippen molar-refractivity contribution in [1.29, 1.82) is 0 Å². The zero-order valence-electron chi connectivity index (χ0n) is 11.9. The third-order valence-electron chi connectivity index (χ3n) is 3.40. The second-order valence-electron chi connectivity index (χ2n) is 5.04. The Morgan fingerprint density at radius 3 is 2.74 bits per heavy atom. The Hall–Kier alpha value is -2.31. The predicted octanol–water partition coefficient (Wildman–Crippen LogP) is 3.64. The summed E-state index contributed by atoms with van der Waals surface area (Å²) < 4.78 is 27.6. The van der Waals surface area contributed by atoms with Crippen LogP contribution in [0.3, 0.4) is 0 Å². The quantitative estimate of drug-likeness (QED) is 0.766. The highest BCUT2D eigenvalue weighted by Crippen LogP contribution is 2.29. The van der Waals surface area contributed by atoms with Gasteiger partial charge in [0, 0.05) is 16.1 Å². The summed E-state index contributed by atoms with van der Waals surface area (Å²) in [4.78, 5) is 12.6. The molecule has 0 bridgehead atoms. The number of hydrogen-bond donors (Lipinski definition) is 2. The van der Waals surface area contributed by atoms with Crippen LogP contribution in [-0.2, 0) is 0 Å². The van der Waals surface area contributed by atoms with Gasteiger partial charge in [-0.05, 0) is 35.7 Å². The highest BCUT2D eigenvalue weighted by atomic mass is 32.1. The lowest BCUT2D eigenvalue weighted by Gasteiger charge is -2.10. The Morgan fingerprint density at radius 2 is 1.96 bits per heavy atom. The van der Waals surface area contributed by atoms with E-state index in [0.29, 0.717) is 4.88 Å². The highest BCUT2D eigenvalue weighted by molar-refractivity contribution is 7.19. The second-order valence-corrected chi connectivity index (χ2v) is 6.15. The van der Waals surface area contributed by atoms with Crippen LogP contribution in [0.5, 0.6) is 0 Å². The standard InChI is InChI=1S/C17H13F2NO2S/c18-11-5-6-13(19)12(8-11)17(22)20-9-14(21)16-7-10-3-1-2-4-15(10)23-16/h1-8,14,21H,9H2,(H,20,22). The van der Waals surface area contributed by atoms with Crippen LogP contribution < -0.4 is 5.32 Å². The monoisotopic (exact) mass is 333 g/mol. The summed E-state index contributed by atoms with van der Waals surface area (Å²) in [5, 5.41) is 13.6. The van der Waals surface area contributed by atoms with E-state index in [1.165, 1.54) is 11.3 Å². The van der Waals surface area contributed by atoms with E-state index in [2.05, 4.69) is 5.32 Å². The van der Waals surface area contributed by atoms with Crippen LogP contribution in [0.2, 0.25) is 0 Å². The maximum absolute atomic E-state index is 13.5. The van der Waals surface area contributed by atoms with Gasteiger partial charge in [-0.2, -0.15) is 0 Å². The molecular formula is C17H13F2NO2S. The number of amides is 1.